The molecule has 7 nitrogen and oxygen atoms in total. The number of ether oxygens (including phenoxy) is 2. The summed E-state index contributed by atoms with van der Waals surface area (Å²) in [7, 11) is -1.04. The molecular formula is C22H21ClN2O5S. The molecule has 0 saturated heterocycles. The maximum atomic E-state index is 12.9. The average Bonchev–Trinajstić information content (AvgIpc) is 2.73. The summed E-state index contributed by atoms with van der Waals surface area (Å²) < 4.78 is 38.7. The van der Waals surface area contributed by atoms with E-state index in [0.717, 1.165) is 5.56 Å². The maximum Gasteiger partial charge on any atom is 0.263 e. The Morgan fingerprint density at radius 1 is 0.968 bits per heavy atom. The second-order valence-corrected chi connectivity index (χ2v) is 8.70. The lowest BCUT2D eigenvalue weighted by atomic mass is 10.2. The van der Waals surface area contributed by atoms with Gasteiger partial charge in [-0.2, -0.15) is 0 Å². The number of hydrogen-bond acceptors (Lipinski definition) is 5. The van der Waals surface area contributed by atoms with Crippen LogP contribution >= 0.6 is 11.6 Å². The van der Waals surface area contributed by atoms with Gasteiger partial charge in [0, 0.05) is 17.3 Å². The summed E-state index contributed by atoms with van der Waals surface area (Å²) in [6, 6.07) is 15.9. The first-order chi connectivity index (χ1) is 14.7. The molecule has 0 radical (unpaired) electrons. The normalized spacial score (nSPS) is 11.0. The van der Waals surface area contributed by atoms with Crippen molar-refractivity contribution < 1.29 is 22.7 Å². The molecule has 3 rings (SSSR count). The van der Waals surface area contributed by atoms with Crippen LogP contribution in [0.2, 0.25) is 5.02 Å². The molecule has 9 heteroatoms. The number of benzene rings is 3. The second kappa shape index (κ2) is 9.28. The molecule has 162 valence electrons. The third-order valence-electron chi connectivity index (χ3n) is 4.41. The van der Waals surface area contributed by atoms with Crippen LogP contribution in [0.25, 0.3) is 0 Å². The Bertz CT molecular complexity index is 1230. The van der Waals surface area contributed by atoms with E-state index in [2.05, 4.69) is 10.0 Å². The van der Waals surface area contributed by atoms with Crippen molar-refractivity contribution in [3.8, 4) is 11.5 Å². The molecule has 0 bridgehead atoms. The number of rotatable bonds is 7. The van der Waals surface area contributed by atoms with Gasteiger partial charge in [0.1, 0.15) is 16.4 Å². The molecule has 0 saturated carbocycles. The van der Waals surface area contributed by atoms with Crippen molar-refractivity contribution in [2.24, 2.45) is 0 Å². The molecule has 0 unspecified atom stereocenters. The number of hydrogen-bond donors (Lipinski definition) is 2. The SMILES string of the molecule is COc1ccc(OC)c(NC(=O)c2ccc(Cl)c(S(=O)(=O)Nc3cccc(C)c3)c2)c1. The summed E-state index contributed by atoms with van der Waals surface area (Å²) in [4.78, 5) is 12.6. The molecule has 0 atom stereocenters. The van der Waals surface area contributed by atoms with Crippen molar-refractivity contribution in [1.82, 2.24) is 0 Å². The molecule has 0 aliphatic carbocycles. The van der Waals surface area contributed by atoms with Crippen molar-refractivity contribution in [2.45, 2.75) is 11.8 Å². The van der Waals surface area contributed by atoms with E-state index in [0.29, 0.717) is 22.9 Å². The van der Waals surface area contributed by atoms with Gasteiger partial charge in [-0.15, -0.1) is 0 Å². The zero-order valence-electron chi connectivity index (χ0n) is 17.1. The summed E-state index contributed by atoms with van der Waals surface area (Å²) in [5, 5.41) is 2.70. The van der Waals surface area contributed by atoms with Gasteiger partial charge in [0.25, 0.3) is 15.9 Å². The van der Waals surface area contributed by atoms with Gasteiger partial charge in [0.05, 0.1) is 24.9 Å². The Labute approximate surface area is 186 Å². The first kappa shape index (κ1) is 22.5. The fourth-order valence-corrected chi connectivity index (χ4v) is 4.45. The van der Waals surface area contributed by atoms with Crippen LogP contribution in [-0.4, -0.2) is 28.5 Å². The summed E-state index contributed by atoms with van der Waals surface area (Å²) in [5.41, 5.74) is 1.78. The molecule has 1 amide bonds. The predicted octanol–water partition coefficient (Wildman–Crippen LogP) is 4.72. The Kier molecular flexibility index (Phi) is 6.72. The number of sulfonamides is 1. The minimum Gasteiger partial charge on any atom is -0.497 e. The van der Waals surface area contributed by atoms with Gasteiger partial charge < -0.3 is 14.8 Å². The molecule has 3 aromatic carbocycles. The molecule has 0 aromatic heterocycles. The van der Waals surface area contributed by atoms with E-state index >= 15 is 0 Å². The fourth-order valence-electron chi connectivity index (χ4n) is 2.88. The zero-order valence-corrected chi connectivity index (χ0v) is 18.7. The number of carbonyl (C=O) groups is 1. The lowest BCUT2D eigenvalue weighted by molar-refractivity contribution is 0.102. The van der Waals surface area contributed by atoms with Gasteiger partial charge in [0.15, 0.2) is 0 Å². The molecule has 2 N–H and O–H groups in total. The first-order valence-corrected chi connectivity index (χ1v) is 11.0. The largest absolute Gasteiger partial charge is 0.497 e. The minimum atomic E-state index is -4.02. The third kappa shape index (κ3) is 5.28. The number of aryl methyl sites for hydroxylation is 1. The van der Waals surface area contributed by atoms with Crippen molar-refractivity contribution in [2.75, 3.05) is 24.3 Å². The van der Waals surface area contributed by atoms with E-state index in [1.807, 2.05) is 13.0 Å². The lowest BCUT2D eigenvalue weighted by Gasteiger charge is -2.13. The van der Waals surface area contributed by atoms with Crippen LogP contribution in [0.15, 0.2) is 65.6 Å². The van der Waals surface area contributed by atoms with Gasteiger partial charge in [0.2, 0.25) is 0 Å². The highest BCUT2D eigenvalue weighted by molar-refractivity contribution is 7.92. The first-order valence-electron chi connectivity index (χ1n) is 9.16. The van der Waals surface area contributed by atoms with Gasteiger partial charge in [-0.25, -0.2) is 8.42 Å². The molecule has 31 heavy (non-hydrogen) atoms. The van der Waals surface area contributed by atoms with E-state index in [1.165, 1.54) is 32.4 Å². The summed E-state index contributed by atoms with van der Waals surface area (Å²) in [6.45, 7) is 1.85. The van der Waals surface area contributed by atoms with Crippen molar-refractivity contribution in [1.29, 1.82) is 0 Å². The van der Waals surface area contributed by atoms with Gasteiger partial charge in [-0.3, -0.25) is 9.52 Å². The summed E-state index contributed by atoms with van der Waals surface area (Å²) in [6.07, 6.45) is 0. The van der Waals surface area contributed by atoms with Crippen LogP contribution in [0, 0.1) is 6.92 Å². The summed E-state index contributed by atoms with van der Waals surface area (Å²) >= 11 is 6.14. The predicted molar refractivity (Wildman–Crippen MR) is 121 cm³/mol. The van der Waals surface area contributed by atoms with Crippen molar-refractivity contribution in [3.05, 3.63) is 76.8 Å². The Balaban J connectivity index is 1.91. The molecule has 0 spiro atoms. The lowest BCUT2D eigenvalue weighted by Crippen LogP contribution is -2.17. The van der Waals surface area contributed by atoms with E-state index < -0.39 is 15.9 Å². The topological polar surface area (TPSA) is 93.7 Å². The number of anilines is 2. The molecule has 3 aromatic rings. The van der Waals surface area contributed by atoms with E-state index in [4.69, 9.17) is 21.1 Å². The average molecular weight is 461 g/mol. The van der Waals surface area contributed by atoms with Crippen LogP contribution in [-0.2, 0) is 10.0 Å². The van der Waals surface area contributed by atoms with Gasteiger partial charge in [-0.05, 0) is 55.0 Å². The third-order valence-corrected chi connectivity index (χ3v) is 6.27. The zero-order chi connectivity index (χ0) is 22.6. The number of methoxy groups -OCH3 is 2. The van der Waals surface area contributed by atoms with E-state index in [9.17, 15) is 13.2 Å². The highest BCUT2D eigenvalue weighted by atomic mass is 35.5. The van der Waals surface area contributed by atoms with Gasteiger partial charge in [-0.1, -0.05) is 23.7 Å². The van der Waals surface area contributed by atoms with Crippen LogP contribution in [0.5, 0.6) is 11.5 Å². The molecule has 0 aliphatic heterocycles. The summed E-state index contributed by atoms with van der Waals surface area (Å²) in [5.74, 6) is 0.421. The van der Waals surface area contributed by atoms with Crippen LogP contribution in [0.3, 0.4) is 0 Å². The number of halogens is 1. The molecule has 0 heterocycles. The Morgan fingerprint density at radius 3 is 2.42 bits per heavy atom. The van der Waals surface area contributed by atoms with Crippen LogP contribution < -0.4 is 19.5 Å². The monoisotopic (exact) mass is 460 g/mol. The van der Waals surface area contributed by atoms with Crippen LogP contribution in [0.1, 0.15) is 15.9 Å². The number of amides is 1. The second-order valence-electron chi connectivity index (χ2n) is 6.64. The van der Waals surface area contributed by atoms with E-state index in [-0.39, 0.29) is 15.5 Å². The quantitative estimate of drug-likeness (QED) is 0.532. The number of nitrogens with one attached hydrogen (secondary N) is 2. The maximum absolute atomic E-state index is 12.9. The van der Waals surface area contributed by atoms with Gasteiger partial charge >= 0.3 is 0 Å². The van der Waals surface area contributed by atoms with Crippen molar-refractivity contribution >= 4 is 38.9 Å². The fraction of sp³-hybridized carbons (Fsp3) is 0.136. The Hall–Kier alpha value is -3.23. The highest BCUT2D eigenvalue weighted by Gasteiger charge is 2.21. The number of carbonyl (C=O) groups excluding carboxylic acids is 1. The molecule has 0 aliphatic rings. The minimum absolute atomic E-state index is 0.00401. The van der Waals surface area contributed by atoms with E-state index in [1.54, 1.807) is 36.4 Å². The van der Waals surface area contributed by atoms with Crippen LogP contribution in [0.4, 0.5) is 11.4 Å². The van der Waals surface area contributed by atoms with Crippen molar-refractivity contribution in [3.63, 3.8) is 0 Å². The Morgan fingerprint density at radius 2 is 1.74 bits per heavy atom. The smallest absolute Gasteiger partial charge is 0.263 e. The highest BCUT2D eigenvalue weighted by Crippen LogP contribution is 2.30. The standard InChI is InChI=1S/C22H21ClN2O5S/c1-14-5-4-6-16(11-14)25-31(27,28)21-12-15(7-9-18(21)23)22(26)24-19-13-17(29-2)8-10-20(19)30-3/h4-13,25H,1-3H3,(H,24,26). The molecule has 0 fully saturated rings. The molecular weight excluding hydrogens is 440 g/mol.